The Kier molecular flexibility index (Phi) is 8.53. The van der Waals surface area contributed by atoms with Crippen LogP contribution in [-0.2, 0) is 14.3 Å². The summed E-state index contributed by atoms with van der Waals surface area (Å²) in [5.74, 6) is 1.04. The molecule has 2 aliphatic carbocycles. The Balaban J connectivity index is 0.00000261. The van der Waals surface area contributed by atoms with Crippen molar-refractivity contribution in [2.75, 3.05) is 39.9 Å². The van der Waals surface area contributed by atoms with Crippen molar-refractivity contribution in [3.05, 3.63) is 12.2 Å². The number of hydrogen-bond donors (Lipinski definition) is 2. The highest BCUT2D eigenvalue weighted by molar-refractivity contribution is 14.0. The van der Waals surface area contributed by atoms with E-state index in [1.54, 1.807) is 7.05 Å². The van der Waals surface area contributed by atoms with Crippen LogP contribution in [0, 0.1) is 23.7 Å². The largest absolute Gasteiger partial charge is 0.382 e. The molecule has 7 nitrogen and oxygen atoms in total. The summed E-state index contributed by atoms with van der Waals surface area (Å²) in [5, 5.41) is 6.43. The number of fused-ring (bicyclic) bond motifs is 5. The van der Waals surface area contributed by atoms with Gasteiger partial charge >= 0.3 is 0 Å². The van der Waals surface area contributed by atoms with Gasteiger partial charge in [-0.15, -0.1) is 24.0 Å². The summed E-state index contributed by atoms with van der Waals surface area (Å²) in [6, 6.07) is 0. The van der Waals surface area contributed by atoms with Crippen molar-refractivity contribution < 1.29 is 14.3 Å². The minimum Gasteiger partial charge on any atom is -0.382 e. The summed E-state index contributed by atoms with van der Waals surface area (Å²) in [5.41, 5.74) is 0. The summed E-state index contributed by atoms with van der Waals surface area (Å²) in [6.45, 7) is 5.25. The number of nitrogens with one attached hydrogen (secondary N) is 2. The summed E-state index contributed by atoms with van der Waals surface area (Å²) < 4.78 is 5.31. The molecule has 1 saturated heterocycles. The van der Waals surface area contributed by atoms with Gasteiger partial charge in [-0.25, -0.2) is 0 Å². The number of halogens is 1. The highest BCUT2D eigenvalue weighted by Gasteiger charge is 2.58. The maximum atomic E-state index is 12.6. The second kappa shape index (κ2) is 10.4. The van der Waals surface area contributed by atoms with Gasteiger partial charge in [-0.1, -0.05) is 12.2 Å². The molecule has 2 bridgehead atoms. The molecule has 8 heteroatoms. The average Bonchev–Trinajstić information content (AvgIpc) is 3.32. The molecule has 2 amide bonds. The molecular weight excluding hydrogens is 459 g/mol. The number of likely N-dealkylation sites (tertiary alicyclic amines) is 1. The lowest BCUT2D eigenvalue weighted by atomic mass is 9.85. The smallest absolute Gasteiger partial charge is 0.233 e. The molecule has 2 fully saturated rings. The van der Waals surface area contributed by atoms with Gasteiger partial charge in [-0.3, -0.25) is 19.5 Å². The molecule has 3 rings (SSSR count). The molecule has 0 aromatic heterocycles. The Morgan fingerprint density at radius 1 is 1.15 bits per heavy atom. The monoisotopic (exact) mass is 490 g/mol. The maximum Gasteiger partial charge on any atom is 0.233 e. The van der Waals surface area contributed by atoms with E-state index in [1.165, 1.54) is 4.90 Å². The van der Waals surface area contributed by atoms with Crippen LogP contribution in [0.2, 0.25) is 0 Å². The normalized spacial score (nSPS) is 28.5. The lowest BCUT2D eigenvalue weighted by Crippen LogP contribution is -2.43. The second-order valence-corrected chi connectivity index (χ2v) is 7.16. The van der Waals surface area contributed by atoms with Crippen LogP contribution in [0.4, 0.5) is 0 Å². The number of imide groups is 1. The zero-order valence-corrected chi connectivity index (χ0v) is 18.5. The molecule has 2 N–H and O–H groups in total. The van der Waals surface area contributed by atoms with Crippen LogP contribution in [0.1, 0.15) is 26.2 Å². The molecule has 4 atom stereocenters. The topological polar surface area (TPSA) is 83.0 Å². The molecule has 1 saturated carbocycles. The number of nitrogens with zero attached hydrogens (tertiary/aromatic N) is 2. The summed E-state index contributed by atoms with van der Waals surface area (Å²) in [4.78, 5) is 30.9. The summed E-state index contributed by atoms with van der Waals surface area (Å²) >= 11 is 0. The fourth-order valence-corrected chi connectivity index (χ4v) is 4.37. The van der Waals surface area contributed by atoms with Crippen molar-refractivity contribution in [1.82, 2.24) is 15.5 Å². The Labute approximate surface area is 178 Å². The third-order valence-corrected chi connectivity index (χ3v) is 5.63. The summed E-state index contributed by atoms with van der Waals surface area (Å²) in [6.07, 6.45) is 7.22. The zero-order valence-electron chi connectivity index (χ0n) is 16.1. The molecule has 1 heterocycles. The number of hydrogen-bond acceptors (Lipinski definition) is 4. The third-order valence-electron chi connectivity index (χ3n) is 5.63. The fourth-order valence-electron chi connectivity index (χ4n) is 4.37. The third kappa shape index (κ3) is 4.82. The number of guanidine groups is 1. The van der Waals surface area contributed by atoms with E-state index in [0.717, 1.165) is 39.0 Å². The van der Waals surface area contributed by atoms with E-state index < -0.39 is 0 Å². The summed E-state index contributed by atoms with van der Waals surface area (Å²) in [7, 11) is 1.72. The molecule has 0 spiro atoms. The van der Waals surface area contributed by atoms with Crippen LogP contribution in [0.3, 0.4) is 0 Å². The Morgan fingerprint density at radius 3 is 2.37 bits per heavy atom. The number of unbranched alkanes of at least 4 members (excludes halogenated alkanes) is 1. The number of ether oxygens (including phenoxy) is 1. The van der Waals surface area contributed by atoms with Crippen LogP contribution < -0.4 is 10.6 Å². The van der Waals surface area contributed by atoms with Gasteiger partial charge < -0.3 is 15.4 Å². The van der Waals surface area contributed by atoms with Gasteiger partial charge in [0, 0.05) is 39.9 Å². The van der Waals surface area contributed by atoms with Crippen LogP contribution in [0.25, 0.3) is 0 Å². The Bertz CT molecular complexity index is 566. The van der Waals surface area contributed by atoms with Crippen molar-refractivity contribution in [3.63, 3.8) is 0 Å². The van der Waals surface area contributed by atoms with Crippen LogP contribution in [0.15, 0.2) is 17.1 Å². The van der Waals surface area contributed by atoms with Gasteiger partial charge in [0.15, 0.2) is 5.96 Å². The van der Waals surface area contributed by atoms with E-state index in [-0.39, 0.29) is 59.5 Å². The lowest BCUT2D eigenvalue weighted by molar-refractivity contribution is -0.140. The van der Waals surface area contributed by atoms with Gasteiger partial charge in [0.1, 0.15) is 0 Å². The van der Waals surface area contributed by atoms with Crippen molar-refractivity contribution in [2.45, 2.75) is 26.2 Å². The molecule has 3 aliphatic rings. The van der Waals surface area contributed by atoms with E-state index in [1.807, 2.05) is 6.92 Å². The van der Waals surface area contributed by atoms with Gasteiger partial charge in [0.25, 0.3) is 0 Å². The SMILES string of the molecule is CCOCCCCNC(=NC)NCCN1C(=O)C2C3C=CC(C3)C2C1=O.I. The van der Waals surface area contributed by atoms with E-state index in [9.17, 15) is 9.59 Å². The van der Waals surface area contributed by atoms with E-state index >= 15 is 0 Å². The van der Waals surface area contributed by atoms with Crippen molar-refractivity contribution in [1.29, 1.82) is 0 Å². The molecular formula is C19H31IN4O3. The van der Waals surface area contributed by atoms with Crippen LogP contribution in [-0.4, -0.2) is 62.6 Å². The quantitative estimate of drug-likeness (QED) is 0.128. The number of carbonyl (C=O) groups excluding carboxylic acids is 2. The van der Waals surface area contributed by atoms with Gasteiger partial charge in [0.2, 0.25) is 11.8 Å². The predicted molar refractivity (Wildman–Crippen MR) is 115 cm³/mol. The molecule has 1 aliphatic heterocycles. The van der Waals surface area contributed by atoms with Gasteiger partial charge in [0.05, 0.1) is 11.8 Å². The fraction of sp³-hybridized carbons (Fsp3) is 0.737. The Morgan fingerprint density at radius 2 is 1.78 bits per heavy atom. The minimum absolute atomic E-state index is 0. The number of allylic oxidation sites excluding steroid dienone is 2. The first-order valence-electron chi connectivity index (χ1n) is 9.73. The molecule has 0 aromatic rings. The first kappa shape index (κ1) is 22.1. The maximum absolute atomic E-state index is 12.6. The molecule has 152 valence electrons. The average molecular weight is 490 g/mol. The second-order valence-electron chi connectivity index (χ2n) is 7.16. The molecule has 4 unspecified atom stereocenters. The molecule has 0 aromatic carbocycles. The number of aliphatic imine (C=N–C) groups is 1. The minimum atomic E-state index is -0.111. The molecule has 0 radical (unpaired) electrons. The number of rotatable bonds is 9. The van der Waals surface area contributed by atoms with Crippen molar-refractivity contribution in [2.24, 2.45) is 28.7 Å². The van der Waals surface area contributed by atoms with Gasteiger partial charge in [-0.2, -0.15) is 0 Å². The number of carbonyl (C=O) groups is 2. The van der Waals surface area contributed by atoms with E-state index in [0.29, 0.717) is 19.0 Å². The van der Waals surface area contributed by atoms with Crippen molar-refractivity contribution in [3.8, 4) is 0 Å². The zero-order chi connectivity index (χ0) is 18.5. The van der Waals surface area contributed by atoms with E-state index in [4.69, 9.17) is 4.74 Å². The lowest BCUT2D eigenvalue weighted by Gasteiger charge is -2.18. The first-order valence-corrected chi connectivity index (χ1v) is 9.73. The first-order chi connectivity index (χ1) is 12.7. The Hall–Kier alpha value is -1.16. The van der Waals surface area contributed by atoms with Crippen LogP contribution in [0.5, 0.6) is 0 Å². The predicted octanol–water partition coefficient (Wildman–Crippen LogP) is 1.39. The number of amides is 2. The highest BCUT2D eigenvalue weighted by atomic mass is 127. The van der Waals surface area contributed by atoms with Gasteiger partial charge in [-0.05, 0) is 38.0 Å². The molecule has 27 heavy (non-hydrogen) atoms. The highest BCUT2D eigenvalue weighted by Crippen LogP contribution is 2.52. The van der Waals surface area contributed by atoms with E-state index in [2.05, 4.69) is 27.8 Å². The van der Waals surface area contributed by atoms with Crippen molar-refractivity contribution >= 4 is 41.8 Å². The van der Waals surface area contributed by atoms with Crippen LogP contribution >= 0.6 is 24.0 Å². The standard InChI is InChI=1S/C19H30N4O3.HI/c1-3-26-11-5-4-8-21-19(20-2)22-9-10-23-17(24)15-13-6-7-14(12-13)16(15)18(23)25;/h6-7,13-16H,3-5,8-12H2,1-2H3,(H2,20,21,22);1H.